The lowest BCUT2D eigenvalue weighted by molar-refractivity contribution is -0.141. The maximum atomic E-state index is 12.5. The molecule has 1 aromatic heterocycles. The molecule has 0 radical (unpaired) electrons. The van der Waals surface area contributed by atoms with E-state index < -0.39 is 11.9 Å². The van der Waals surface area contributed by atoms with Gasteiger partial charge in [-0.25, -0.2) is 0 Å². The van der Waals surface area contributed by atoms with Gasteiger partial charge in [0.25, 0.3) is 5.91 Å². The van der Waals surface area contributed by atoms with E-state index in [-0.39, 0.29) is 6.54 Å². The topological polar surface area (TPSA) is 60.7 Å². The first-order valence-corrected chi connectivity index (χ1v) is 9.17. The molecular formula is C17H12BrClN2O3S. The van der Waals surface area contributed by atoms with Gasteiger partial charge in [0.15, 0.2) is 4.80 Å². The second-order valence-corrected chi connectivity index (χ2v) is 7.39. The van der Waals surface area contributed by atoms with E-state index in [4.69, 9.17) is 16.3 Å². The summed E-state index contributed by atoms with van der Waals surface area (Å²) in [6, 6.07) is 12.4. The fourth-order valence-electron chi connectivity index (χ4n) is 2.29. The summed E-state index contributed by atoms with van der Waals surface area (Å²) in [6.45, 7) is -0.0785. The van der Waals surface area contributed by atoms with E-state index in [1.54, 1.807) is 28.8 Å². The zero-order valence-corrected chi connectivity index (χ0v) is 16.2. The molecule has 25 heavy (non-hydrogen) atoms. The molecule has 0 fully saturated rings. The zero-order chi connectivity index (χ0) is 18.0. The molecule has 3 aromatic rings. The van der Waals surface area contributed by atoms with Crippen LogP contribution < -0.4 is 4.80 Å². The quantitative estimate of drug-likeness (QED) is 0.579. The Bertz CT molecular complexity index is 1040. The van der Waals surface area contributed by atoms with E-state index in [0.717, 1.165) is 9.17 Å². The predicted molar refractivity (Wildman–Crippen MR) is 101 cm³/mol. The number of esters is 1. The van der Waals surface area contributed by atoms with E-state index in [0.29, 0.717) is 20.9 Å². The highest BCUT2D eigenvalue weighted by Crippen LogP contribution is 2.25. The third-order valence-corrected chi connectivity index (χ3v) is 5.28. The van der Waals surface area contributed by atoms with Gasteiger partial charge in [0, 0.05) is 10.0 Å². The van der Waals surface area contributed by atoms with Gasteiger partial charge >= 0.3 is 5.97 Å². The number of carbonyl (C=O) groups is 2. The van der Waals surface area contributed by atoms with Crippen molar-refractivity contribution in [3.8, 4) is 0 Å². The Morgan fingerprint density at radius 1 is 1.28 bits per heavy atom. The van der Waals surface area contributed by atoms with Crippen LogP contribution in [-0.4, -0.2) is 23.6 Å². The third kappa shape index (κ3) is 3.84. The summed E-state index contributed by atoms with van der Waals surface area (Å²) in [5.74, 6) is -0.849. The Morgan fingerprint density at radius 3 is 2.76 bits per heavy atom. The highest BCUT2D eigenvalue weighted by molar-refractivity contribution is 9.10. The van der Waals surface area contributed by atoms with Crippen molar-refractivity contribution >= 4 is 61.0 Å². The van der Waals surface area contributed by atoms with Crippen LogP contribution in [0.5, 0.6) is 0 Å². The summed E-state index contributed by atoms with van der Waals surface area (Å²) in [5.41, 5.74) is 1.10. The number of para-hydroxylation sites is 1. The minimum absolute atomic E-state index is 0.0785. The Labute approximate surface area is 160 Å². The van der Waals surface area contributed by atoms with Gasteiger partial charge < -0.3 is 9.30 Å². The highest BCUT2D eigenvalue weighted by Gasteiger charge is 2.14. The van der Waals surface area contributed by atoms with Gasteiger partial charge in [-0.15, -0.1) is 0 Å². The Balaban J connectivity index is 2.17. The van der Waals surface area contributed by atoms with Crippen LogP contribution in [0.3, 0.4) is 0 Å². The van der Waals surface area contributed by atoms with Gasteiger partial charge in [-0.2, -0.15) is 4.99 Å². The van der Waals surface area contributed by atoms with Crippen molar-refractivity contribution in [3.63, 3.8) is 0 Å². The Hall–Kier alpha value is -1.96. The van der Waals surface area contributed by atoms with E-state index in [1.807, 2.05) is 18.2 Å². The molecule has 0 unspecified atom stereocenters. The molecule has 1 amide bonds. The summed E-state index contributed by atoms with van der Waals surface area (Å²) in [6.07, 6.45) is 0. The van der Waals surface area contributed by atoms with Gasteiger partial charge in [-0.05, 0) is 30.3 Å². The van der Waals surface area contributed by atoms with E-state index >= 15 is 0 Å². The standard InChI is InChI=1S/C17H12BrClN2O3S/c1-24-14(22)9-21-15-12(19)6-3-7-13(15)25-17(21)20-16(23)10-4-2-5-11(18)8-10/h2-8H,9H2,1H3. The number of thiazole rings is 1. The van der Waals surface area contributed by atoms with Crippen LogP contribution in [0.4, 0.5) is 0 Å². The number of rotatable bonds is 3. The maximum Gasteiger partial charge on any atom is 0.325 e. The molecule has 1 heterocycles. The number of fused-ring (bicyclic) bond motifs is 1. The smallest absolute Gasteiger partial charge is 0.325 e. The van der Waals surface area contributed by atoms with Crippen molar-refractivity contribution in [2.75, 3.05) is 7.11 Å². The number of ether oxygens (including phenoxy) is 1. The van der Waals surface area contributed by atoms with Gasteiger partial charge in [0.05, 0.1) is 22.3 Å². The average Bonchev–Trinajstić information content (AvgIpc) is 2.93. The fraction of sp³-hybridized carbons (Fsp3) is 0.118. The van der Waals surface area contributed by atoms with Crippen molar-refractivity contribution < 1.29 is 14.3 Å². The first-order chi connectivity index (χ1) is 12.0. The molecule has 5 nitrogen and oxygen atoms in total. The minimum Gasteiger partial charge on any atom is -0.468 e. The van der Waals surface area contributed by atoms with Crippen molar-refractivity contribution in [1.29, 1.82) is 0 Å². The molecule has 0 saturated carbocycles. The fourth-order valence-corrected chi connectivity index (χ4v) is 4.07. The summed E-state index contributed by atoms with van der Waals surface area (Å²) in [7, 11) is 1.31. The van der Waals surface area contributed by atoms with Gasteiger partial charge in [-0.3, -0.25) is 9.59 Å². The van der Waals surface area contributed by atoms with Crippen molar-refractivity contribution in [2.45, 2.75) is 6.54 Å². The molecule has 0 bridgehead atoms. The number of halogens is 2. The molecule has 128 valence electrons. The molecule has 0 atom stereocenters. The second kappa shape index (κ2) is 7.51. The molecule has 2 aromatic carbocycles. The zero-order valence-electron chi connectivity index (χ0n) is 13.0. The number of nitrogens with zero attached hydrogens (tertiary/aromatic N) is 2. The van der Waals surface area contributed by atoms with Crippen LogP contribution in [0, 0.1) is 0 Å². The van der Waals surface area contributed by atoms with Gasteiger partial charge in [0.2, 0.25) is 0 Å². The molecule has 8 heteroatoms. The van der Waals surface area contributed by atoms with Gasteiger partial charge in [-0.1, -0.05) is 51.0 Å². The van der Waals surface area contributed by atoms with E-state index in [1.165, 1.54) is 18.4 Å². The van der Waals surface area contributed by atoms with Crippen LogP contribution in [-0.2, 0) is 16.1 Å². The summed E-state index contributed by atoms with van der Waals surface area (Å²) < 4.78 is 7.96. The van der Waals surface area contributed by atoms with E-state index in [9.17, 15) is 9.59 Å². The maximum absolute atomic E-state index is 12.5. The lowest BCUT2D eigenvalue weighted by Crippen LogP contribution is -2.22. The lowest BCUT2D eigenvalue weighted by Gasteiger charge is -2.04. The SMILES string of the molecule is COC(=O)Cn1c(=NC(=O)c2cccc(Br)c2)sc2cccc(Cl)c21. The molecule has 0 aliphatic carbocycles. The number of amides is 1. The molecule has 0 aliphatic rings. The predicted octanol–water partition coefficient (Wildman–Crippen LogP) is 4.03. The monoisotopic (exact) mass is 438 g/mol. The summed E-state index contributed by atoms with van der Waals surface area (Å²) in [5, 5.41) is 0.481. The number of hydrogen-bond donors (Lipinski definition) is 0. The Kier molecular flexibility index (Phi) is 5.36. The number of aromatic nitrogens is 1. The normalized spacial score (nSPS) is 11.7. The number of benzene rings is 2. The van der Waals surface area contributed by atoms with Crippen molar-refractivity contribution in [2.24, 2.45) is 4.99 Å². The number of methoxy groups -OCH3 is 1. The largest absolute Gasteiger partial charge is 0.468 e. The molecule has 0 N–H and O–H groups in total. The molecular weight excluding hydrogens is 428 g/mol. The van der Waals surface area contributed by atoms with Crippen molar-refractivity contribution in [1.82, 2.24) is 4.57 Å². The minimum atomic E-state index is -0.448. The van der Waals surface area contributed by atoms with Crippen LogP contribution in [0.15, 0.2) is 51.9 Å². The van der Waals surface area contributed by atoms with Crippen LogP contribution >= 0.6 is 38.9 Å². The average molecular weight is 440 g/mol. The highest BCUT2D eigenvalue weighted by atomic mass is 79.9. The molecule has 0 aliphatic heterocycles. The number of carbonyl (C=O) groups excluding carboxylic acids is 2. The first kappa shape index (κ1) is 17.8. The molecule has 0 spiro atoms. The van der Waals surface area contributed by atoms with Crippen molar-refractivity contribution in [3.05, 3.63) is 62.3 Å². The Morgan fingerprint density at radius 2 is 2.04 bits per heavy atom. The van der Waals surface area contributed by atoms with Gasteiger partial charge in [0.1, 0.15) is 6.54 Å². The lowest BCUT2D eigenvalue weighted by atomic mass is 10.2. The van der Waals surface area contributed by atoms with E-state index in [2.05, 4.69) is 20.9 Å². The summed E-state index contributed by atoms with van der Waals surface area (Å²) in [4.78, 5) is 28.8. The second-order valence-electron chi connectivity index (χ2n) is 5.06. The summed E-state index contributed by atoms with van der Waals surface area (Å²) >= 11 is 10.9. The van der Waals surface area contributed by atoms with Crippen LogP contribution in [0.2, 0.25) is 5.02 Å². The molecule has 0 saturated heterocycles. The first-order valence-electron chi connectivity index (χ1n) is 7.19. The van der Waals surface area contributed by atoms with Crippen LogP contribution in [0.1, 0.15) is 10.4 Å². The van der Waals surface area contributed by atoms with Crippen LogP contribution in [0.25, 0.3) is 10.2 Å². The third-order valence-electron chi connectivity index (χ3n) is 3.44. The number of hydrogen-bond acceptors (Lipinski definition) is 4. The molecule has 3 rings (SSSR count).